The summed E-state index contributed by atoms with van der Waals surface area (Å²) in [4.78, 5) is 12.9. The Bertz CT molecular complexity index is 1350. The van der Waals surface area contributed by atoms with Crippen LogP contribution in [0.15, 0.2) is 54.6 Å². The molecule has 0 atom stereocenters. The lowest BCUT2D eigenvalue weighted by atomic mass is 9.67. The maximum Gasteiger partial charge on any atom is 0.416 e. The minimum Gasteiger partial charge on any atom is -0.480 e. The molecule has 3 aromatic rings. The van der Waals surface area contributed by atoms with E-state index in [2.05, 4.69) is 0 Å². The average molecular weight is 696 g/mol. The van der Waals surface area contributed by atoms with Crippen molar-refractivity contribution < 1.29 is 88.9 Å². The number of carbonyl (C=O) groups is 1. The van der Waals surface area contributed by atoms with Crippen molar-refractivity contribution in [1.82, 2.24) is 0 Å². The Morgan fingerprint density at radius 1 is 0.326 bits per heavy atom. The number of aliphatic carboxylic acids is 1. The highest BCUT2D eigenvalue weighted by Crippen LogP contribution is 2.49. The van der Waals surface area contributed by atoms with Gasteiger partial charge in [0.1, 0.15) is 5.41 Å². The van der Waals surface area contributed by atoms with Gasteiger partial charge in [-0.2, -0.15) is 79.0 Å². The highest BCUT2D eigenvalue weighted by molar-refractivity contribution is 5.91. The van der Waals surface area contributed by atoms with E-state index < -0.39 is 153 Å². The van der Waals surface area contributed by atoms with Gasteiger partial charge in [-0.25, -0.2) is 0 Å². The van der Waals surface area contributed by atoms with E-state index in [1.165, 1.54) is 0 Å². The second-order valence-electron chi connectivity index (χ2n) is 9.44. The number of carboxylic acids is 1. The minimum atomic E-state index is -5.89. The quantitative estimate of drug-likeness (QED) is 0.218. The fourth-order valence-corrected chi connectivity index (χ4v) is 4.38. The van der Waals surface area contributed by atoms with Gasteiger partial charge in [-0.05, 0) is 71.3 Å². The first kappa shape index (κ1) is 36.3. The third-order valence-corrected chi connectivity index (χ3v) is 6.38. The maximum absolute atomic E-state index is 13.7. The molecule has 20 heteroatoms. The van der Waals surface area contributed by atoms with Crippen LogP contribution in [0, 0.1) is 0 Å². The lowest BCUT2D eigenvalue weighted by molar-refractivity contribution is -0.145. The lowest BCUT2D eigenvalue weighted by Gasteiger charge is -2.34. The zero-order valence-corrected chi connectivity index (χ0v) is 21.4. The molecule has 0 aliphatic heterocycles. The first-order valence-electron chi connectivity index (χ1n) is 11.5. The Labute approximate surface area is 242 Å². The van der Waals surface area contributed by atoms with Crippen LogP contribution in [0.4, 0.5) is 79.0 Å². The molecule has 0 saturated carbocycles. The monoisotopic (exact) mass is 696 g/mol. The van der Waals surface area contributed by atoms with Crippen LogP contribution in [0.2, 0.25) is 0 Å². The summed E-state index contributed by atoms with van der Waals surface area (Å²) in [6, 6.07) is -5.44. The van der Waals surface area contributed by atoms with E-state index in [1.807, 2.05) is 0 Å². The first-order chi connectivity index (χ1) is 20.4. The summed E-state index contributed by atoms with van der Waals surface area (Å²) in [6.45, 7) is 0. The van der Waals surface area contributed by atoms with Gasteiger partial charge in [0.15, 0.2) is 0 Å². The molecule has 0 saturated heterocycles. The predicted molar refractivity (Wildman–Crippen MR) is 117 cm³/mol. The molecule has 1 N–H and O–H groups in total. The Balaban J connectivity index is 2.81. The SMILES string of the molecule is O=C(O)C(c1cc(C(F)(F)F)cc(C(F)(F)F)c1)(c1cc(C(F)(F)F)cc(C(F)(F)F)c1)c1cc(C(F)(F)F)cc(C(F)(F)F)c1. The van der Waals surface area contributed by atoms with Gasteiger partial charge >= 0.3 is 43.0 Å². The number of benzene rings is 3. The number of halogens is 18. The highest BCUT2D eigenvalue weighted by atomic mass is 19.4. The molecule has 0 heterocycles. The van der Waals surface area contributed by atoms with Crippen molar-refractivity contribution >= 4 is 5.97 Å². The van der Waals surface area contributed by atoms with Crippen LogP contribution in [0.3, 0.4) is 0 Å². The van der Waals surface area contributed by atoms with E-state index in [0.717, 1.165) is 0 Å². The minimum absolute atomic E-state index is 0.565. The van der Waals surface area contributed by atoms with Crippen molar-refractivity contribution in [2.75, 3.05) is 0 Å². The molecule has 0 aliphatic rings. The second kappa shape index (κ2) is 11.0. The van der Waals surface area contributed by atoms with Crippen LogP contribution in [0.1, 0.15) is 50.1 Å². The van der Waals surface area contributed by atoms with Gasteiger partial charge in [-0.3, -0.25) is 4.79 Å². The fourth-order valence-electron chi connectivity index (χ4n) is 4.38. The third-order valence-electron chi connectivity index (χ3n) is 6.38. The number of alkyl halides is 18. The topological polar surface area (TPSA) is 37.3 Å². The van der Waals surface area contributed by atoms with Crippen molar-refractivity contribution in [2.24, 2.45) is 0 Å². The van der Waals surface area contributed by atoms with Crippen LogP contribution in [-0.4, -0.2) is 11.1 Å². The van der Waals surface area contributed by atoms with Gasteiger partial charge in [0.2, 0.25) is 0 Å². The Kier molecular flexibility index (Phi) is 8.69. The van der Waals surface area contributed by atoms with E-state index in [-0.39, 0.29) is 0 Å². The predicted octanol–water partition coefficient (Wildman–Crippen LogP) is 10.2. The van der Waals surface area contributed by atoms with Gasteiger partial charge in [-0.1, -0.05) is 0 Å². The van der Waals surface area contributed by atoms with E-state index in [9.17, 15) is 88.9 Å². The van der Waals surface area contributed by atoms with Crippen LogP contribution in [-0.2, 0) is 47.3 Å². The standard InChI is InChI=1S/C26H10F18O2/c27-21(28,29)13-1-10(2-14(7-13)22(30,31)32)20(19(45)46,11-3-15(23(33,34)35)8-16(4-11)24(36,37)38)12-5-17(25(39,40)41)9-18(6-12)26(42,43)44/h1-9H,(H,45,46). The van der Waals surface area contributed by atoms with E-state index in [1.54, 1.807) is 0 Å². The smallest absolute Gasteiger partial charge is 0.416 e. The van der Waals surface area contributed by atoms with Gasteiger partial charge in [0.05, 0.1) is 33.4 Å². The molecular weight excluding hydrogens is 686 g/mol. The summed E-state index contributed by atoms with van der Waals surface area (Å²) in [7, 11) is 0. The van der Waals surface area contributed by atoms with E-state index >= 15 is 0 Å². The summed E-state index contributed by atoms with van der Waals surface area (Å²) >= 11 is 0. The van der Waals surface area contributed by atoms with Crippen molar-refractivity contribution in [3.8, 4) is 0 Å². The fraction of sp³-hybridized carbons (Fsp3) is 0.269. The van der Waals surface area contributed by atoms with Gasteiger partial charge in [0, 0.05) is 0 Å². The van der Waals surface area contributed by atoms with Crippen LogP contribution in [0.25, 0.3) is 0 Å². The Morgan fingerprint density at radius 2 is 0.457 bits per heavy atom. The molecular formula is C26H10F18O2. The lowest BCUT2D eigenvalue weighted by Crippen LogP contribution is -2.40. The molecule has 46 heavy (non-hydrogen) atoms. The molecule has 3 rings (SSSR count). The number of hydrogen-bond acceptors (Lipinski definition) is 1. The maximum atomic E-state index is 13.7. The van der Waals surface area contributed by atoms with Gasteiger partial charge < -0.3 is 5.11 Å². The zero-order valence-electron chi connectivity index (χ0n) is 21.4. The Hall–Kier alpha value is -4.13. The molecule has 0 fully saturated rings. The molecule has 0 aliphatic carbocycles. The largest absolute Gasteiger partial charge is 0.480 e. The normalized spacial score (nSPS) is 14.0. The molecule has 0 amide bonds. The van der Waals surface area contributed by atoms with Gasteiger partial charge in [-0.15, -0.1) is 0 Å². The number of rotatable bonds is 4. The number of carboxylic acid groups (broad SMARTS) is 1. The summed E-state index contributed by atoms with van der Waals surface area (Å²) in [6.07, 6.45) is -35.4. The highest BCUT2D eigenvalue weighted by Gasteiger charge is 2.51. The third kappa shape index (κ3) is 7.14. The van der Waals surface area contributed by atoms with Crippen LogP contribution >= 0.6 is 0 Å². The average Bonchev–Trinajstić information content (AvgIpc) is 2.85. The molecule has 0 bridgehead atoms. The van der Waals surface area contributed by atoms with E-state index in [4.69, 9.17) is 0 Å². The van der Waals surface area contributed by atoms with Crippen molar-refractivity contribution in [3.05, 3.63) is 105 Å². The molecule has 0 radical (unpaired) electrons. The van der Waals surface area contributed by atoms with Crippen LogP contribution < -0.4 is 0 Å². The summed E-state index contributed by atoms with van der Waals surface area (Å²) in [5.74, 6) is -3.06. The Morgan fingerprint density at radius 3 is 0.565 bits per heavy atom. The van der Waals surface area contributed by atoms with E-state index in [0.29, 0.717) is 0 Å². The van der Waals surface area contributed by atoms with Gasteiger partial charge in [0.25, 0.3) is 0 Å². The van der Waals surface area contributed by atoms with Crippen LogP contribution in [0.5, 0.6) is 0 Å². The zero-order chi connectivity index (χ0) is 35.6. The summed E-state index contributed by atoms with van der Waals surface area (Å²) < 4.78 is 247. The molecule has 0 unspecified atom stereocenters. The molecule has 3 aromatic carbocycles. The first-order valence-corrected chi connectivity index (χ1v) is 11.5. The molecule has 252 valence electrons. The van der Waals surface area contributed by atoms with Crippen molar-refractivity contribution in [1.29, 1.82) is 0 Å². The second-order valence-corrected chi connectivity index (χ2v) is 9.44. The van der Waals surface area contributed by atoms with Crippen molar-refractivity contribution in [3.63, 3.8) is 0 Å². The molecule has 0 spiro atoms. The number of hydrogen-bond donors (Lipinski definition) is 1. The van der Waals surface area contributed by atoms with Crippen molar-refractivity contribution in [2.45, 2.75) is 42.5 Å². The summed E-state index contributed by atoms with van der Waals surface area (Å²) in [5, 5.41) is 10.3. The molecule has 0 aromatic heterocycles. The summed E-state index contributed by atoms with van der Waals surface area (Å²) in [5.41, 5.74) is -25.5. The molecule has 2 nitrogen and oxygen atoms in total.